The number of nitrogens with one attached hydrogen (secondary N) is 1. The van der Waals surface area contributed by atoms with Gasteiger partial charge in [-0.05, 0) is 69.4 Å². The van der Waals surface area contributed by atoms with E-state index in [4.69, 9.17) is 9.41 Å². The Morgan fingerprint density at radius 1 is 0.448 bits per heavy atom. The first-order chi connectivity index (χ1) is 28.8. The smallest absolute Gasteiger partial charge is 0.160 e. The summed E-state index contributed by atoms with van der Waals surface area (Å²) in [5.74, 6) is 0. The summed E-state index contributed by atoms with van der Waals surface area (Å²) in [4.78, 5) is 7.73. The summed E-state index contributed by atoms with van der Waals surface area (Å²) in [6.45, 7) is 0. The van der Waals surface area contributed by atoms with Gasteiger partial charge in [0.05, 0.1) is 11.4 Å². The van der Waals surface area contributed by atoms with Gasteiger partial charge < -0.3 is 14.6 Å². The fourth-order valence-electron chi connectivity index (χ4n) is 8.50. The molecular weight excluding hydrogens is 707 g/mol. The molecule has 0 aliphatic carbocycles. The summed E-state index contributed by atoms with van der Waals surface area (Å²) in [5, 5.41) is 8.18. The summed E-state index contributed by atoms with van der Waals surface area (Å²) in [6.07, 6.45) is -0.365. The van der Waals surface area contributed by atoms with Crippen LogP contribution in [0.25, 0.3) is 55.0 Å². The summed E-state index contributed by atoms with van der Waals surface area (Å²) in [6, 6.07) is 75.0. The number of fused-ring (bicyclic) bond motifs is 6. The Kier molecular flexibility index (Phi) is 8.18. The molecule has 1 N–H and O–H groups in total. The quantitative estimate of drug-likeness (QED) is 0.177. The van der Waals surface area contributed by atoms with Gasteiger partial charge in [0.25, 0.3) is 0 Å². The van der Waals surface area contributed by atoms with Gasteiger partial charge in [-0.2, -0.15) is 0 Å². The highest BCUT2D eigenvalue weighted by Gasteiger charge is 2.28. The van der Waals surface area contributed by atoms with Crippen molar-refractivity contribution in [1.29, 1.82) is 0 Å². The van der Waals surface area contributed by atoms with E-state index in [1.807, 2.05) is 6.07 Å². The molecule has 1 unspecified atom stereocenters. The van der Waals surface area contributed by atoms with E-state index in [0.717, 1.165) is 89.0 Å². The van der Waals surface area contributed by atoms with Crippen molar-refractivity contribution < 1.29 is 4.42 Å². The van der Waals surface area contributed by atoms with Crippen LogP contribution in [0.5, 0.6) is 0 Å². The first-order valence-corrected chi connectivity index (χ1v) is 19.7. The van der Waals surface area contributed by atoms with Crippen molar-refractivity contribution in [3.63, 3.8) is 0 Å². The highest BCUT2D eigenvalue weighted by atomic mass is 16.3. The minimum atomic E-state index is -0.365. The normalized spacial score (nSPS) is 13.6. The molecule has 10 aromatic rings. The average molecular weight is 744 g/mol. The van der Waals surface area contributed by atoms with Crippen LogP contribution in [0, 0.1) is 0 Å². The molecule has 0 spiro atoms. The number of aliphatic imine (C=N–C) groups is 1. The predicted octanol–water partition coefficient (Wildman–Crippen LogP) is 14.5. The Hall–Kier alpha value is -7.69. The lowest BCUT2D eigenvalue weighted by Gasteiger charge is -2.26. The highest BCUT2D eigenvalue weighted by molar-refractivity contribution is 6.23. The van der Waals surface area contributed by atoms with Gasteiger partial charge >= 0.3 is 0 Å². The maximum Gasteiger partial charge on any atom is 0.160 e. The zero-order valence-electron chi connectivity index (χ0n) is 31.6. The summed E-state index contributed by atoms with van der Waals surface area (Å²) in [7, 11) is 0. The molecule has 58 heavy (non-hydrogen) atoms. The lowest BCUT2D eigenvalue weighted by atomic mass is 9.96. The van der Waals surface area contributed by atoms with Crippen LogP contribution in [0.1, 0.15) is 22.9 Å². The van der Waals surface area contributed by atoms with Crippen LogP contribution in [0.2, 0.25) is 0 Å². The van der Waals surface area contributed by atoms with Gasteiger partial charge in [-0.15, -0.1) is 0 Å². The van der Waals surface area contributed by atoms with Gasteiger partial charge in [-0.3, -0.25) is 4.99 Å². The molecule has 274 valence electrons. The fraction of sp³-hybridized carbons (Fsp3) is 0.0185. The molecule has 1 aliphatic rings. The minimum absolute atomic E-state index is 0.365. The molecule has 1 aromatic heterocycles. The third-order valence-electron chi connectivity index (χ3n) is 11.3. The van der Waals surface area contributed by atoms with E-state index in [1.54, 1.807) is 0 Å². The zero-order valence-corrected chi connectivity index (χ0v) is 31.6. The number of hydrogen-bond donors (Lipinski definition) is 1. The van der Waals surface area contributed by atoms with Gasteiger partial charge in [0.1, 0.15) is 11.7 Å². The van der Waals surface area contributed by atoms with E-state index in [0.29, 0.717) is 0 Å². The van der Waals surface area contributed by atoms with Gasteiger partial charge in [-0.1, -0.05) is 176 Å². The number of para-hydroxylation sites is 2. The molecule has 0 saturated carbocycles. The van der Waals surface area contributed by atoms with Crippen molar-refractivity contribution in [3.8, 4) is 22.3 Å². The third-order valence-corrected chi connectivity index (χ3v) is 11.3. The lowest BCUT2D eigenvalue weighted by molar-refractivity contribution is 0.656. The molecule has 2 heterocycles. The number of benzene rings is 9. The maximum absolute atomic E-state index is 7.26. The Morgan fingerprint density at radius 2 is 0.983 bits per heavy atom. The summed E-state index contributed by atoms with van der Waals surface area (Å²) in [5.41, 5.74) is 14.5. The van der Waals surface area contributed by atoms with Crippen LogP contribution in [-0.4, -0.2) is 5.71 Å². The molecule has 1 atom stereocenters. The van der Waals surface area contributed by atoms with Crippen molar-refractivity contribution in [2.24, 2.45) is 4.99 Å². The number of nitrogens with zero attached hydrogens (tertiary/aromatic N) is 2. The third kappa shape index (κ3) is 5.82. The Bertz CT molecular complexity index is 3030. The predicted molar refractivity (Wildman–Crippen MR) is 242 cm³/mol. The Balaban J connectivity index is 1.13. The first kappa shape index (κ1) is 33.6. The molecule has 0 radical (unpaired) electrons. The first-order valence-electron chi connectivity index (χ1n) is 19.7. The average Bonchev–Trinajstić information content (AvgIpc) is 3.71. The molecule has 0 bridgehead atoms. The Labute approximate surface area is 337 Å². The maximum atomic E-state index is 7.26. The van der Waals surface area contributed by atoms with Gasteiger partial charge in [0, 0.05) is 44.5 Å². The van der Waals surface area contributed by atoms with Crippen molar-refractivity contribution >= 4 is 61.2 Å². The molecule has 0 saturated heterocycles. The zero-order chi connectivity index (χ0) is 38.4. The van der Waals surface area contributed by atoms with Gasteiger partial charge in [0.2, 0.25) is 0 Å². The highest BCUT2D eigenvalue weighted by Crippen LogP contribution is 2.47. The molecule has 1 aliphatic heterocycles. The van der Waals surface area contributed by atoms with E-state index in [9.17, 15) is 0 Å². The lowest BCUT2D eigenvalue weighted by Crippen LogP contribution is -2.20. The van der Waals surface area contributed by atoms with Crippen LogP contribution in [0.3, 0.4) is 0 Å². The number of anilines is 4. The molecule has 11 rings (SSSR count). The van der Waals surface area contributed by atoms with Crippen LogP contribution >= 0.6 is 0 Å². The standard InChI is InChI=1S/C54H37N3O/c1-4-15-36(16-5-1)38-27-31-42(32-28-38)57(43-33-29-39(30-34-43)37-17-6-2-7-18-37)49-35-41-21-10-11-22-44(41)50-46-24-14-25-47(52(46)58-53(49)50)54-55-48-26-13-12-23-45(48)51(56-54)40-19-8-3-9-20-40/h1-35,54-55H. The van der Waals surface area contributed by atoms with Crippen molar-refractivity contribution in [2.75, 3.05) is 10.2 Å². The van der Waals surface area contributed by atoms with Gasteiger partial charge in [-0.25, -0.2) is 0 Å². The second kappa shape index (κ2) is 14.1. The summed E-state index contributed by atoms with van der Waals surface area (Å²) < 4.78 is 7.26. The number of furan rings is 1. The van der Waals surface area contributed by atoms with Crippen molar-refractivity contribution in [2.45, 2.75) is 6.17 Å². The number of rotatable bonds is 7. The van der Waals surface area contributed by atoms with Crippen molar-refractivity contribution in [3.05, 3.63) is 229 Å². The molecule has 9 aromatic carbocycles. The second-order valence-electron chi connectivity index (χ2n) is 14.7. The minimum Gasteiger partial charge on any atom is -0.453 e. The second-order valence-corrected chi connectivity index (χ2v) is 14.7. The van der Waals surface area contributed by atoms with Gasteiger partial charge in [0.15, 0.2) is 5.58 Å². The molecule has 4 heteroatoms. The van der Waals surface area contributed by atoms with Crippen LogP contribution in [0.15, 0.2) is 222 Å². The summed E-state index contributed by atoms with van der Waals surface area (Å²) >= 11 is 0. The number of hydrogen-bond acceptors (Lipinski definition) is 4. The molecule has 0 amide bonds. The van der Waals surface area contributed by atoms with Crippen LogP contribution < -0.4 is 10.2 Å². The SMILES string of the molecule is c1ccc(C2=NC(c3cccc4c3oc3c(N(c5ccc(-c6ccccc6)cc5)c5ccc(-c6ccccc6)cc5)cc5ccccc5c34)Nc3ccccc32)cc1. The Morgan fingerprint density at radius 3 is 1.64 bits per heavy atom. The topological polar surface area (TPSA) is 40.8 Å². The van der Waals surface area contributed by atoms with Crippen molar-refractivity contribution in [1.82, 2.24) is 0 Å². The largest absolute Gasteiger partial charge is 0.453 e. The monoisotopic (exact) mass is 743 g/mol. The molecule has 4 nitrogen and oxygen atoms in total. The van der Waals surface area contributed by atoms with E-state index in [2.05, 4.69) is 216 Å². The van der Waals surface area contributed by atoms with E-state index in [1.165, 1.54) is 11.1 Å². The van der Waals surface area contributed by atoms with Crippen LogP contribution in [-0.2, 0) is 0 Å². The molecule has 0 fully saturated rings. The molecular formula is C54H37N3O. The van der Waals surface area contributed by atoms with E-state index >= 15 is 0 Å². The van der Waals surface area contributed by atoms with Crippen LogP contribution in [0.4, 0.5) is 22.7 Å². The fourth-order valence-corrected chi connectivity index (χ4v) is 8.50. The van der Waals surface area contributed by atoms with E-state index < -0.39 is 0 Å². The van der Waals surface area contributed by atoms with E-state index in [-0.39, 0.29) is 6.17 Å².